The van der Waals surface area contributed by atoms with Gasteiger partial charge in [0.25, 0.3) is 11.8 Å². The lowest BCUT2D eigenvalue weighted by Crippen LogP contribution is -2.60. The number of unbranched alkanes of at least 4 members (excludes halogenated alkanes) is 1. The standard InChI is InChI=1S/C28H34N8O6/c29-24(30)17-4-8-19(9-5-17)26(40)33-12-2-1-3-21-28(42)35(16-23(38)39)13-14-36(21)22(37)15-34-27(41)20-10-6-18(7-11-20)25(31)32/h4-11,21H,1-3,12-16H2,(H3,29,30)(H3,31,32)(H,33,40)(H,34,41)(H,38,39). The Morgan fingerprint density at radius 1 is 0.810 bits per heavy atom. The van der Waals surface area contributed by atoms with Crippen molar-refractivity contribution in [2.45, 2.75) is 25.3 Å². The van der Waals surface area contributed by atoms with Crippen molar-refractivity contribution in [2.24, 2.45) is 11.5 Å². The number of hydrogen-bond acceptors (Lipinski definition) is 7. The first-order valence-electron chi connectivity index (χ1n) is 13.2. The van der Waals surface area contributed by atoms with Crippen LogP contribution in [-0.2, 0) is 14.4 Å². The predicted molar refractivity (Wildman–Crippen MR) is 153 cm³/mol. The van der Waals surface area contributed by atoms with E-state index in [2.05, 4.69) is 10.6 Å². The Labute approximate surface area is 242 Å². The van der Waals surface area contributed by atoms with Gasteiger partial charge in [-0.1, -0.05) is 24.3 Å². The van der Waals surface area contributed by atoms with Crippen molar-refractivity contribution in [1.82, 2.24) is 20.4 Å². The molecule has 1 unspecified atom stereocenters. The van der Waals surface area contributed by atoms with Gasteiger partial charge in [0.2, 0.25) is 11.8 Å². The molecule has 1 saturated heterocycles. The molecule has 14 nitrogen and oxygen atoms in total. The van der Waals surface area contributed by atoms with E-state index in [-0.39, 0.29) is 49.2 Å². The highest BCUT2D eigenvalue weighted by atomic mass is 16.4. The largest absolute Gasteiger partial charge is 0.480 e. The van der Waals surface area contributed by atoms with Gasteiger partial charge in [-0.05, 0) is 43.5 Å². The lowest BCUT2D eigenvalue weighted by molar-refractivity contribution is -0.155. The van der Waals surface area contributed by atoms with Gasteiger partial charge < -0.3 is 37.0 Å². The second-order valence-corrected chi connectivity index (χ2v) is 9.67. The molecule has 0 aromatic heterocycles. The number of nitrogen functional groups attached to an aromatic ring is 2. The van der Waals surface area contributed by atoms with E-state index in [1.807, 2.05) is 0 Å². The summed E-state index contributed by atoms with van der Waals surface area (Å²) in [6.45, 7) is -0.387. The molecule has 3 rings (SSSR count). The van der Waals surface area contributed by atoms with Crippen LogP contribution in [0.1, 0.15) is 51.1 Å². The second kappa shape index (κ2) is 14.4. The molecule has 0 saturated carbocycles. The van der Waals surface area contributed by atoms with Gasteiger partial charge in [-0.3, -0.25) is 34.8 Å². The third kappa shape index (κ3) is 8.36. The molecule has 0 aliphatic carbocycles. The first kappa shape index (κ1) is 31.3. The molecule has 0 bridgehead atoms. The molecular weight excluding hydrogens is 544 g/mol. The first-order chi connectivity index (χ1) is 20.0. The average Bonchev–Trinajstić information content (AvgIpc) is 2.97. The summed E-state index contributed by atoms with van der Waals surface area (Å²) in [7, 11) is 0. The number of aliphatic carboxylic acids is 1. The van der Waals surface area contributed by atoms with Crippen LogP contribution in [0.2, 0.25) is 0 Å². The molecule has 4 amide bonds. The van der Waals surface area contributed by atoms with Gasteiger partial charge in [0.05, 0.1) is 6.54 Å². The van der Waals surface area contributed by atoms with Gasteiger partial charge in [0, 0.05) is 41.9 Å². The lowest BCUT2D eigenvalue weighted by atomic mass is 10.0. The van der Waals surface area contributed by atoms with Crippen LogP contribution in [-0.4, -0.2) is 94.9 Å². The topological polar surface area (TPSA) is 236 Å². The lowest BCUT2D eigenvalue weighted by Gasteiger charge is -2.40. The summed E-state index contributed by atoms with van der Waals surface area (Å²) in [4.78, 5) is 64.9. The zero-order chi connectivity index (χ0) is 30.8. The van der Waals surface area contributed by atoms with E-state index < -0.39 is 36.3 Å². The number of amides is 4. The van der Waals surface area contributed by atoms with Gasteiger partial charge >= 0.3 is 5.97 Å². The van der Waals surface area contributed by atoms with Crippen molar-refractivity contribution >= 4 is 41.3 Å². The number of carboxylic acid groups (broad SMARTS) is 1. The van der Waals surface area contributed by atoms with Crippen molar-refractivity contribution in [3.63, 3.8) is 0 Å². The minimum Gasteiger partial charge on any atom is -0.480 e. The molecule has 1 atom stereocenters. The number of nitrogens with two attached hydrogens (primary N) is 2. The van der Waals surface area contributed by atoms with E-state index in [1.54, 1.807) is 24.3 Å². The highest BCUT2D eigenvalue weighted by Gasteiger charge is 2.37. The fourth-order valence-electron chi connectivity index (χ4n) is 4.47. The number of benzene rings is 2. The van der Waals surface area contributed by atoms with Gasteiger partial charge in [0.15, 0.2) is 0 Å². The summed E-state index contributed by atoms with van der Waals surface area (Å²) in [5.41, 5.74) is 12.5. The molecule has 1 aliphatic rings. The number of amidine groups is 2. The third-order valence-electron chi connectivity index (χ3n) is 6.74. The zero-order valence-corrected chi connectivity index (χ0v) is 22.9. The molecule has 9 N–H and O–H groups in total. The van der Waals surface area contributed by atoms with Crippen LogP contribution in [0.5, 0.6) is 0 Å². The average molecular weight is 579 g/mol. The molecule has 1 fully saturated rings. The Kier molecular flexibility index (Phi) is 10.7. The van der Waals surface area contributed by atoms with Crippen LogP contribution in [0.15, 0.2) is 48.5 Å². The van der Waals surface area contributed by atoms with Gasteiger partial charge in [-0.15, -0.1) is 0 Å². The smallest absolute Gasteiger partial charge is 0.323 e. The SMILES string of the molecule is N=C(N)c1ccc(C(=O)NCCCCC2C(=O)N(CC(=O)O)CCN2C(=O)CNC(=O)c2ccc(C(=N)N)cc2)cc1. The predicted octanol–water partition coefficient (Wildman–Crippen LogP) is -0.291. The summed E-state index contributed by atoms with van der Waals surface area (Å²) in [6.07, 6.45) is 1.19. The first-order valence-corrected chi connectivity index (χ1v) is 13.2. The maximum Gasteiger partial charge on any atom is 0.323 e. The van der Waals surface area contributed by atoms with Gasteiger partial charge in [0.1, 0.15) is 24.3 Å². The van der Waals surface area contributed by atoms with Crippen molar-refractivity contribution < 1.29 is 29.1 Å². The van der Waals surface area contributed by atoms with E-state index in [1.165, 1.54) is 34.1 Å². The molecular formula is C28H34N8O6. The van der Waals surface area contributed by atoms with E-state index in [4.69, 9.17) is 22.3 Å². The minimum absolute atomic E-state index is 0.0479. The molecule has 2 aromatic carbocycles. The molecule has 2 aromatic rings. The summed E-state index contributed by atoms with van der Waals surface area (Å²) < 4.78 is 0. The van der Waals surface area contributed by atoms with E-state index in [0.29, 0.717) is 36.1 Å². The number of piperazine rings is 1. The Morgan fingerprint density at radius 2 is 1.31 bits per heavy atom. The van der Waals surface area contributed by atoms with Crippen LogP contribution in [0, 0.1) is 10.8 Å². The monoisotopic (exact) mass is 578 g/mol. The van der Waals surface area contributed by atoms with Crippen LogP contribution in [0.4, 0.5) is 0 Å². The van der Waals surface area contributed by atoms with Crippen molar-refractivity contribution in [2.75, 3.05) is 32.7 Å². The number of hydrogen-bond donors (Lipinski definition) is 7. The summed E-state index contributed by atoms with van der Waals surface area (Å²) in [5.74, 6) is -3.21. The fourth-order valence-corrected chi connectivity index (χ4v) is 4.47. The number of carbonyl (C=O) groups excluding carboxylic acids is 4. The second-order valence-electron chi connectivity index (χ2n) is 9.67. The van der Waals surface area contributed by atoms with Crippen molar-refractivity contribution in [3.8, 4) is 0 Å². The van der Waals surface area contributed by atoms with E-state index >= 15 is 0 Å². The van der Waals surface area contributed by atoms with Gasteiger partial charge in [-0.2, -0.15) is 0 Å². The van der Waals surface area contributed by atoms with Crippen molar-refractivity contribution in [3.05, 3.63) is 70.8 Å². The van der Waals surface area contributed by atoms with Crippen LogP contribution >= 0.6 is 0 Å². The molecule has 0 spiro atoms. The normalized spacial score (nSPS) is 14.7. The summed E-state index contributed by atoms with van der Waals surface area (Å²) in [5, 5.41) is 29.4. The van der Waals surface area contributed by atoms with E-state index in [9.17, 15) is 29.1 Å². The van der Waals surface area contributed by atoms with Crippen molar-refractivity contribution in [1.29, 1.82) is 10.8 Å². The number of rotatable bonds is 13. The Hall–Kier alpha value is -5.27. The highest BCUT2D eigenvalue weighted by molar-refractivity contribution is 6.00. The molecule has 42 heavy (non-hydrogen) atoms. The van der Waals surface area contributed by atoms with Gasteiger partial charge in [-0.25, -0.2) is 0 Å². The molecule has 1 aliphatic heterocycles. The van der Waals surface area contributed by atoms with Crippen LogP contribution < -0.4 is 22.1 Å². The number of nitrogens with zero attached hydrogens (tertiary/aromatic N) is 2. The summed E-state index contributed by atoms with van der Waals surface area (Å²) in [6, 6.07) is 11.4. The summed E-state index contributed by atoms with van der Waals surface area (Å²) >= 11 is 0. The fraction of sp³-hybridized carbons (Fsp3) is 0.321. The Morgan fingerprint density at radius 3 is 1.81 bits per heavy atom. The quantitative estimate of drug-likeness (QED) is 0.0944. The van der Waals surface area contributed by atoms with Crippen LogP contribution in [0.25, 0.3) is 0 Å². The molecule has 0 radical (unpaired) electrons. The molecule has 222 valence electrons. The van der Waals surface area contributed by atoms with E-state index in [0.717, 1.165) is 0 Å². The number of carboxylic acids is 1. The Bertz CT molecular complexity index is 1360. The maximum atomic E-state index is 13.1. The minimum atomic E-state index is -1.16. The number of carbonyl (C=O) groups is 5. The highest BCUT2D eigenvalue weighted by Crippen LogP contribution is 2.18. The zero-order valence-electron chi connectivity index (χ0n) is 22.9. The van der Waals surface area contributed by atoms with Crippen LogP contribution in [0.3, 0.4) is 0 Å². The molecule has 1 heterocycles. The maximum absolute atomic E-state index is 13.1. The third-order valence-corrected chi connectivity index (χ3v) is 6.74. The molecule has 14 heteroatoms. The number of nitrogens with one attached hydrogen (secondary N) is 4. The Balaban J connectivity index is 1.55.